The van der Waals surface area contributed by atoms with Gasteiger partial charge in [-0.1, -0.05) is 18.2 Å². The van der Waals surface area contributed by atoms with Gasteiger partial charge in [0.15, 0.2) is 0 Å². The van der Waals surface area contributed by atoms with E-state index in [2.05, 4.69) is 6.07 Å². The summed E-state index contributed by atoms with van der Waals surface area (Å²) in [5.74, 6) is 0.801. The number of ether oxygens (including phenoxy) is 2. The molecule has 4 heteroatoms. The Morgan fingerprint density at radius 3 is 2.76 bits per heavy atom. The fraction of sp³-hybridized carbons (Fsp3) is 0.529. The van der Waals surface area contributed by atoms with Gasteiger partial charge in [-0.15, -0.1) is 0 Å². The minimum Gasteiger partial charge on any atom is -0.459 e. The lowest BCUT2D eigenvalue weighted by Crippen LogP contribution is -2.48. The molecule has 1 aliphatic heterocycles. The van der Waals surface area contributed by atoms with E-state index in [9.17, 15) is 0 Å². The molecule has 2 heterocycles. The Hall–Kier alpha value is -1.36. The Morgan fingerprint density at radius 1 is 1.33 bits per heavy atom. The average Bonchev–Trinajstić information content (AvgIpc) is 2.93. The summed E-state index contributed by atoms with van der Waals surface area (Å²) in [5, 5.41) is 1.10. The van der Waals surface area contributed by atoms with Crippen LogP contribution in [-0.4, -0.2) is 25.4 Å². The molecular formula is C17H23NO3. The molecule has 114 valence electrons. The van der Waals surface area contributed by atoms with Crippen LogP contribution in [0.25, 0.3) is 11.0 Å². The molecule has 2 N–H and O–H groups in total. The molecule has 21 heavy (non-hydrogen) atoms. The van der Waals surface area contributed by atoms with Gasteiger partial charge in [0.05, 0.1) is 11.6 Å². The van der Waals surface area contributed by atoms with Crippen LogP contribution >= 0.6 is 0 Å². The first kappa shape index (κ1) is 14.6. The first-order valence-corrected chi connectivity index (χ1v) is 7.62. The first-order chi connectivity index (χ1) is 10.2. The van der Waals surface area contributed by atoms with Crippen LogP contribution in [0.4, 0.5) is 0 Å². The van der Waals surface area contributed by atoms with Crippen LogP contribution in [-0.2, 0) is 9.47 Å². The van der Waals surface area contributed by atoms with Crippen molar-refractivity contribution in [2.24, 2.45) is 5.73 Å². The minimum atomic E-state index is -0.380. The summed E-state index contributed by atoms with van der Waals surface area (Å²) in [6.45, 7) is 6.08. The molecule has 1 fully saturated rings. The number of nitrogens with two attached hydrogens (primary N) is 1. The number of hydrogen-bond acceptors (Lipinski definition) is 4. The largest absolute Gasteiger partial charge is 0.459 e. The van der Waals surface area contributed by atoms with Crippen molar-refractivity contribution in [1.29, 1.82) is 0 Å². The van der Waals surface area contributed by atoms with Crippen LogP contribution in [0.15, 0.2) is 28.7 Å². The molecule has 4 nitrogen and oxygen atoms in total. The third-order valence-corrected chi connectivity index (χ3v) is 4.40. The molecule has 2 aromatic rings. The Kier molecular flexibility index (Phi) is 4.02. The van der Waals surface area contributed by atoms with Crippen molar-refractivity contribution in [1.82, 2.24) is 0 Å². The Balaban J connectivity index is 1.97. The normalized spacial score (nSPS) is 19.8. The van der Waals surface area contributed by atoms with E-state index < -0.39 is 0 Å². The predicted octanol–water partition coefficient (Wildman–Crippen LogP) is 3.33. The fourth-order valence-corrected chi connectivity index (χ4v) is 3.19. The van der Waals surface area contributed by atoms with Crippen molar-refractivity contribution >= 4 is 11.0 Å². The second kappa shape index (κ2) is 5.79. The average molecular weight is 289 g/mol. The Bertz CT molecular complexity index is 608. The Morgan fingerprint density at radius 2 is 2.10 bits per heavy atom. The van der Waals surface area contributed by atoms with Gasteiger partial charge >= 0.3 is 0 Å². The number of para-hydroxylation sites is 1. The highest BCUT2D eigenvalue weighted by Gasteiger charge is 2.41. The van der Waals surface area contributed by atoms with Gasteiger partial charge in [0, 0.05) is 38.0 Å². The van der Waals surface area contributed by atoms with Crippen molar-refractivity contribution in [2.75, 3.05) is 19.8 Å². The molecule has 1 unspecified atom stereocenters. The second-order valence-corrected chi connectivity index (χ2v) is 5.73. The monoisotopic (exact) mass is 289 g/mol. The third kappa shape index (κ3) is 2.59. The summed E-state index contributed by atoms with van der Waals surface area (Å²) >= 11 is 0. The van der Waals surface area contributed by atoms with E-state index in [0.717, 1.165) is 35.1 Å². The molecule has 0 radical (unpaired) electrons. The second-order valence-electron chi connectivity index (χ2n) is 5.73. The molecule has 1 saturated heterocycles. The van der Waals surface area contributed by atoms with Crippen LogP contribution in [0.1, 0.15) is 37.1 Å². The highest BCUT2D eigenvalue weighted by molar-refractivity contribution is 5.81. The molecule has 0 bridgehead atoms. The lowest BCUT2D eigenvalue weighted by molar-refractivity contribution is -0.124. The molecule has 0 spiro atoms. The zero-order chi connectivity index (χ0) is 14.9. The topological polar surface area (TPSA) is 57.6 Å². The maximum atomic E-state index is 6.53. The van der Waals surface area contributed by atoms with Crippen LogP contribution in [0.2, 0.25) is 0 Å². The summed E-state index contributed by atoms with van der Waals surface area (Å²) in [7, 11) is 0. The molecule has 0 saturated carbocycles. The number of fused-ring (bicyclic) bond motifs is 1. The maximum Gasteiger partial charge on any atom is 0.137 e. The van der Waals surface area contributed by atoms with Crippen molar-refractivity contribution in [3.63, 3.8) is 0 Å². The lowest BCUT2D eigenvalue weighted by Gasteiger charge is -2.40. The minimum absolute atomic E-state index is 0.270. The van der Waals surface area contributed by atoms with Gasteiger partial charge < -0.3 is 19.6 Å². The summed E-state index contributed by atoms with van der Waals surface area (Å²) < 4.78 is 17.6. The van der Waals surface area contributed by atoms with Crippen LogP contribution in [0.5, 0.6) is 0 Å². The fourth-order valence-electron chi connectivity index (χ4n) is 3.19. The molecule has 0 amide bonds. The van der Waals surface area contributed by atoms with Gasteiger partial charge in [0.25, 0.3) is 0 Å². The van der Waals surface area contributed by atoms with Crippen molar-refractivity contribution in [3.8, 4) is 0 Å². The number of furan rings is 1. The first-order valence-electron chi connectivity index (χ1n) is 7.62. The number of rotatable bonds is 4. The van der Waals surface area contributed by atoms with E-state index in [-0.39, 0.29) is 11.6 Å². The summed E-state index contributed by atoms with van der Waals surface area (Å²) in [6, 6.07) is 7.92. The zero-order valence-corrected chi connectivity index (χ0v) is 12.7. The van der Waals surface area contributed by atoms with Crippen molar-refractivity contribution < 1.29 is 13.9 Å². The summed E-state index contributed by atoms with van der Waals surface area (Å²) in [6.07, 6.45) is 1.61. The molecule has 0 aliphatic carbocycles. The summed E-state index contributed by atoms with van der Waals surface area (Å²) in [5.41, 5.74) is 8.20. The SMILES string of the molecule is CCOC1(C(N)c2cc3cccc(C)c3o2)CCOCC1. The van der Waals surface area contributed by atoms with Gasteiger partial charge in [-0.3, -0.25) is 0 Å². The zero-order valence-electron chi connectivity index (χ0n) is 12.7. The van der Waals surface area contributed by atoms with E-state index in [1.165, 1.54) is 0 Å². The highest BCUT2D eigenvalue weighted by atomic mass is 16.5. The quantitative estimate of drug-likeness (QED) is 0.938. The molecule has 1 aromatic carbocycles. The molecular weight excluding hydrogens is 266 g/mol. The van der Waals surface area contributed by atoms with E-state index in [4.69, 9.17) is 19.6 Å². The van der Waals surface area contributed by atoms with E-state index >= 15 is 0 Å². The van der Waals surface area contributed by atoms with Crippen LogP contribution in [0.3, 0.4) is 0 Å². The van der Waals surface area contributed by atoms with Gasteiger partial charge in [0.1, 0.15) is 11.3 Å². The molecule has 3 rings (SSSR count). The highest BCUT2D eigenvalue weighted by Crippen LogP contribution is 2.38. The van der Waals surface area contributed by atoms with Gasteiger partial charge in [0.2, 0.25) is 0 Å². The standard InChI is InChI=1S/C17H23NO3/c1-3-20-17(7-9-19-10-8-17)16(18)14-11-13-6-4-5-12(2)15(13)21-14/h4-6,11,16H,3,7-10,18H2,1-2H3. The van der Waals surface area contributed by atoms with Gasteiger partial charge in [-0.25, -0.2) is 0 Å². The van der Waals surface area contributed by atoms with E-state index in [1.54, 1.807) is 0 Å². The van der Waals surface area contributed by atoms with Crippen LogP contribution in [0, 0.1) is 6.92 Å². The maximum absolute atomic E-state index is 6.53. The number of benzene rings is 1. The van der Waals surface area contributed by atoms with Crippen molar-refractivity contribution in [3.05, 3.63) is 35.6 Å². The predicted molar refractivity (Wildman–Crippen MR) is 82.3 cm³/mol. The van der Waals surface area contributed by atoms with E-state index in [0.29, 0.717) is 19.8 Å². The van der Waals surface area contributed by atoms with Gasteiger partial charge in [-0.05, 0) is 25.5 Å². The number of aryl methyl sites for hydroxylation is 1. The third-order valence-electron chi connectivity index (χ3n) is 4.40. The van der Waals surface area contributed by atoms with Crippen molar-refractivity contribution in [2.45, 2.75) is 38.3 Å². The number of hydrogen-bond donors (Lipinski definition) is 1. The van der Waals surface area contributed by atoms with Gasteiger partial charge in [-0.2, -0.15) is 0 Å². The molecule has 1 aromatic heterocycles. The molecule has 1 atom stereocenters. The Labute approximate surface area is 125 Å². The lowest BCUT2D eigenvalue weighted by atomic mass is 9.85. The van der Waals surface area contributed by atoms with E-state index in [1.807, 2.05) is 32.0 Å². The molecule has 1 aliphatic rings. The smallest absolute Gasteiger partial charge is 0.137 e. The van der Waals surface area contributed by atoms with Crippen LogP contribution < -0.4 is 5.73 Å². The summed E-state index contributed by atoms with van der Waals surface area (Å²) in [4.78, 5) is 0.